The van der Waals surface area contributed by atoms with E-state index in [9.17, 15) is 4.79 Å². The Morgan fingerprint density at radius 1 is 1.36 bits per heavy atom. The highest BCUT2D eigenvalue weighted by Gasteiger charge is 2.17. The topological polar surface area (TPSA) is 47.4 Å². The number of methoxy groups -OCH3 is 1. The second-order valence-corrected chi connectivity index (χ2v) is 5.40. The smallest absolute Gasteiger partial charge is 0.242 e. The van der Waals surface area contributed by atoms with Crippen molar-refractivity contribution < 1.29 is 9.53 Å². The van der Waals surface area contributed by atoms with Crippen LogP contribution >= 0.6 is 23.2 Å². The number of aromatic nitrogens is 2. The van der Waals surface area contributed by atoms with Crippen LogP contribution in [0.5, 0.6) is 0 Å². The molecule has 0 N–H and O–H groups in total. The second kappa shape index (κ2) is 8.17. The highest BCUT2D eigenvalue weighted by Crippen LogP contribution is 2.18. The van der Waals surface area contributed by atoms with Gasteiger partial charge >= 0.3 is 0 Å². The minimum absolute atomic E-state index is 0.0865. The number of ether oxygens (including phenoxy) is 1. The molecule has 0 saturated heterocycles. The van der Waals surface area contributed by atoms with Gasteiger partial charge in [-0.2, -0.15) is 5.10 Å². The molecule has 0 atom stereocenters. The van der Waals surface area contributed by atoms with Crippen LogP contribution in [-0.2, 0) is 22.6 Å². The molecule has 1 aromatic carbocycles. The zero-order valence-electron chi connectivity index (χ0n) is 12.2. The molecule has 0 spiro atoms. The number of carbonyl (C=O) groups is 1. The Morgan fingerprint density at radius 3 is 2.73 bits per heavy atom. The third-order valence-corrected chi connectivity index (χ3v) is 3.61. The van der Waals surface area contributed by atoms with Gasteiger partial charge in [-0.05, 0) is 17.7 Å². The van der Waals surface area contributed by atoms with E-state index in [1.165, 1.54) is 0 Å². The molecule has 1 aromatic heterocycles. The summed E-state index contributed by atoms with van der Waals surface area (Å²) in [7, 11) is 1.63. The average molecular weight is 342 g/mol. The van der Waals surface area contributed by atoms with Crippen molar-refractivity contribution in [1.82, 2.24) is 9.78 Å². The van der Waals surface area contributed by atoms with E-state index < -0.39 is 0 Å². The molecule has 0 aliphatic heterocycles. The predicted molar refractivity (Wildman–Crippen MR) is 87.5 cm³/mol. The molecule has 0 bridgehead atoms. The van der Waals surface area contributed by atoms with E-state index in [1.54, 1.807) is 41.2 Å². The highest BCUT2D eigenvalue weighted by atomic mass is 35.5. The maximum Gasteiger partial charge on any atom is 0.242 e. The molecule has 0 unspecified atom stereocenters. The van der Waals surface area contributed by atoms with E-state index in [4.69, 9.17) is 27.9 Å². The SMILES string of the molecule is COCCn1cc(N(Cc2ccc(Cl)cc2)C(=O)CCl)cn1. The Bertz CT molecular complexity index is 614. The summed E-state index contributed by atoms with van der Waals surface area (Å²) in [5, 5.41) is 4.88. The molecule has 7 heteroatoms. The monoisotopic (exact) mass is 341 g/mol. The van der Waals surface area contributed by atoms with Gasteiger partial charge in [-0.3, -0.25) is 9.48 Å². The van der Waals surface area contributed by atoms with Crippen LogP contribution in [-0.4, -0.2) is 35.3 Å². The van der Waals surface area contributed by atoms with Crippen molar-refractivity contribution in [3.05, 3.63) is 47.2 Å². The Labute approximate surface area is 139 Å². The van der Waals surface area contributed by atoms with Gasteiger partial charge in [0.2, 0.25) is 5.91 Å². The minimum Gasteiger partial charge on any atom is -0.383 e. The molecule has 118 valence electrons. The lowest BCUT2D eigenvalue weighted by atomic mass is 10.2. The van der Waals surface area contributed by atoms with E-state index in [-0.39, 0.29) is 11.8 Å². The first kappa shape index (κ1) is 16.8. The number of nitrogens with zero attached hydrogens (tertiary/aromatic N) is 3. The first-order valence-electron chi connectivity index (χ1n) is 6.76. The summed E-state index contributed by atoms with van der Waals surface area (Å²) >= 11 is 11.6. The van der Waals surface area contributed by atoms with Gasteiger partial charge in [0.15, 0.2) is 0 Å². The zero-order valence-corrected chi connectivity index (χ0v) is 13.7. The number of carbonyl (C=O) groups excluding carboxylic acids is 1. The number of amides is 1. The van der Waals surface area contributed by atoms with Gasteiger partial charge in [0.05, 0.1) is 31.6 Å². The molecule has 5 nitrogen and oxygen atoms in total. The lowest BCUT2D eigenvalue weighted by Crippen LogP contribution is -2.31. The standard InChI is InChI=1S/C15H17Cl2N3O2/c1-22-7-6-19-11-14(9-18-19)20(15(21)8-16)10-12-2-4-13(17)5-3-12/h2-5,9,11H,6-8,10H2,1H3. The molecular formula is C15H17Cl2N3O2. The zero-order chi connectivity index (χ0) is 15.9. The van der Waals surface area contributed by atoms with Crippen molar-refractivity contribution in [2.24, 2.45) is 0 Å². The third-order valence-electron chi connectivity index (χ3n) is 3.13. The summed E-state index contributed by atoms with van der Waals surface area (Å²) in [4.78, 5) is 13.7. The number of alkyl halides is 1. The Morgan fingerprint density at radius 2 is 2.09 bits per heavy atom. The molecular weight excluding hydrogens is 325 g/mol. The predicted octanol–water partition coefficient (Wildman–Crippen LogP) is 2.95. The highest BCUT2D eigenvalue weighted by molar-refractivity contribution is 6.30. The summed E-state index contributed by atoms with van der Waals surface area (Å²) in [6.45, 7) is 1.60. The molecule has 1 heterocycles. The van der Waals surface area contributed by atoms with Crippen LogP contribution in [0.3, 0.4) is 0 Å². The fraction of sp³-hybridized carbons (Fsp3) is 0.333. The van der Waals surface area contributed by atoms with E-state index >= 15 is 0 Å². The number of hydrogen-bond donors (Lipinski definition) is 0. The van der Waals surface area contributed by atoms with Crippen LogP contribution in [0.4, 0.5) is 5.69 Å². The number of rotatable bonds is 7. The maximum absolute atomic E-state index is 12.1. The van der Waals surface area contributed by atoms with Crippen molar-refractivity contribution in [3.8, 4) is 0 Å². The first-order chi connectivity index (χ1) is 10.6. The molecule has 1 amide bonds. The fourth-order valence-corrected chi connectivity index (χ4v) is 2.24. The lowest BCUT2D eigenvalue weighted by Gasteiger charge is -2.20. The molecule has 2 rings (SSSR count). The summed E-state index contributed by atoms with van der Waals surface area (Å²) in [5.74, 6) is -0.264. The molecule has 2 aromatic rings. The average Bonchev–Trinajstić information content (AvgIpc) is 3.00. The van der Waals surface area contributed by atoms with Crippen molar-refractivity contribution in [2.75, 3.05) is 24.5 Å². The van der Waals surface area contributed by atoms with Gasteiger partial charge < -0.3 is 9.64 Å². The molecule has 0 fully saturated rings. The summed E-state index contributed by atoms with van der Waals surface area (Å²) in [5.41, 5.74) is 1.67. The number of benzene rings is 1. The van der Waals surface area contributed by atoms with Crippen molar-refractivity contribution in [3.63, 3.8) is 0 Å². The Balaban J connectivity index is 2.16. The van der Waals surface area contributed by atoms with Crippen LogP contribution < -0.4 is 4.90 Å². The normalized spacial score (nSPS) is 10.7. The van der Waals surface area contributed by atoms with Gasteiger partial charge in [-0.15, -0.1) is 11.6 Å². The van der Waals surface area contributed by atoms with Gasteiger partial charge in [0.1, 0.15) is 5.88 Å². The quantitative estimate of drug-likeness (QED) is 0.727. The number of anilines is 1. The minimum atomic E-state index is -0.178. The third kappa shape index (κ3) is 4.47. The van der Waals surface area contributed by atoms with Crippen LogP contribution in [0, 0.1) is 0 Å². The van der Waals surface area contributed by atoms with E-state index in [1.807, 2.05) is 12.1 Å². The van der Waals surface area contributed by atoms with E-state index in [0.29, 0.717) is 30.4 Å². The van der Waals surface area contributed by atoms with Crippen molar-refractivity contribution in [2.45, 2.75) is 13.1 Å². The van der Waals surface area contributed by atoms with Crippen LogP contribution in [0.2, 0.25) is 5.02 Å². The molecule has 0 aliphatic carbocycles. The summed E-state index contributed by atoms with van der Waals surface area (Å²) in [6, 6.07) is 7.35. The maximum atomic E-state index is 12.1. The van der Waals surface area contributed by atoms with Crippen molar-refractivity contribution in [1.29, 1.82) is 0 Å². The molecule has 0 saturated carbocycles. The van der Waals surface area contributed by atoms with Gasteiger partial charge in [0, 0.05) is 18.3 Å². The summed E-state index contributed by atoms with van der Waals surface area (Å²) < 4.78 is 6.75. The van der Waals surface area contributed by atoms with Gasteiger partial charge in [-0.25, -0.2) is 0 Å². The first-order valence-corrected chi connectivity index (χ1v) is 7.67. The number of hydrogen-bond acceptors (Lipinski definition) is 3. The van der Waals surface area contributed by atoms with Crippen molar-refractivity contribution >= 4 is 34.8 Å². The van der Waals surface area contributed by atoms with Gasteiger partial charge in [0.25, 0.3) is 0 Å². The molecule has 0 radical (unpaired) electrons. The molecule has 0 aliphatic rings. The Hall–Kier alpha value is -1.56. The fourth-order valence-electron chi connectivity index (χ4n) is 1.97. The van der Waals surface area contributed by atoms with Crippen LogP contribution in [0.15, 0.2) is 36.7 Å². The molecule has 22 heavy (non-hydrogen) atoms. The van der Waals surface area contributed by atoms with Gasteiger partial charge in [-0.1, -0.05) is 23.7 Å². The lowest BCUT2D eigenvalue weighted by molar-refractivity contribution is -0.116. The van der Waals surface area contributed by atoms with Crippen LogP contribution in [0.1, 0.15) is 5.56 Å². The Kier molecular flexibility index (Phi) is 6.24. The van der Waals surface area contributed by atoms with E-state index in [0.717, 1.165) is 5.56 Å². The summed E-state index contributed by atoms with van der Waals surface area (Å²) in [6.07, 6.45) is 3.45. The number of halogens is 2. The largest absolute Gasteiger partial charge is 0.383 e. The second-order valence-electron chi connectivity index (χ2n) is 4.69. The van der Waals surface area contributed by atoms with E-state index in [2.05, 4.69) is 5.10 Å². The van der Waals surface area contributed by atoms with Crippen LogP contribution in [0.25, 0.3) is 0 Å².